The Hall–Kier alpha value is -2.41. The topological polar surface area (TPSA) is 86.3 Å². The molecule has 0 spiro atoms. The Balaban J connectivity index is 2.47. The molecule has 0 aliphatic carbocycles. The van der Waals surface area contributed by atoms with Crippen LogP contribution >= 0.6 is 11.8 Å². The number of nitro benzene ring substituents is 2. The molecule has 0 fully saturated rings. The molecule has 0 saturated heterocycles. The standard InChI is InChI=1S/C18H20N2O4S/c1-17(2,13-9-5-7-11-15(13)19(21)22)25-18(3,4)14-10-6-8-12-16(14)20(23)24/h5-12H,1-4H3. The lowest BCUT2D eigenvalue weighted by Gasteiger charge is -2.34. The Morgan fingerprint density at radius 2 is 1.04 bits per heavy atom. The summed E-state index contributed by atoms with van der Waals surface area (Å²) in [6, 6.07) is 13.2. The van der Waals surface area contributed by atoms with Gasteiger partial charge in [-0.1, -0.05) is 36.4 Å². The summed E-state index contributed by atoms with van der Waals surface area (Å²) >= 11 is 1.46. The Morgan fingerprint density at radius 1 is 0.720 bits per heavy atom. The molecule has 0 aromatic heterocycles. The fraction of sp³-hybridized carbons (Fsp3) is 0.333. The molecular weight excluding hydrogens is 340 g/mol. The van der Waals surface area contributed by atoms with E-state index in [1.807, 2.05) is 27.7 Å². The number of thioether (sulfide) groups is 1. The van der Waals surface area contributed by atoms with Crippen molar-refractivity contribution in [3.8, 4) is 0 Å². The fourth-order valence-corrected chi connectivity index (χ4v) is 4.87. The number of hydrogen-bond donors (Lipinski definition) is 0. The van der Waals surface area contributed by atoms with E-state index >= 15 is 0 Å². The predicted molar refractivity (Wildman–Crippen MR) is 99.8 cm³/mol. The van der Waals surface area contributed by atoms with Crippen LogP contribution in [0.4, 0.5) is 11.4 Å². The largest absolute Gasteiger partial charge is 0.273 e. The minimum atomic E-state index is -0.614. The lowest BCUT2D eigenvalue weighted by atomic mass is 9.99. The van der Waals surface area contributed by atoms with E-state index in [1.165, 1.54) is 23.9 Å². The van der Waals surface area contributed by atoms with Gasteiger partial charge < -0.3 is 0 Å². The first-order valence-electron chi connectivity index (χ1n) is 7.74. The maximum atomic E-state index is 11.4. The van der Waals surface area contributed by atoms with Gasteiger partial charge in [0.2, 0.25) is 0 Å². The first-order chi connectivity index (χ1) is 11.6. The van der Waals surface area contributed by atoms with Crippen molar-refractivity contribution in [1.82, 2.24) is 0 Å². The summed E-state index contributed by atoms with van der Waals surface area (Å²) in [6.07, 6.45) is 0. The molecule has 0 N–H and O–H groups in total. The highest BCUT2D eigenvalue weighted by Crippen LogP contribution is 2.51. The highest BCUT2D eigenvalue weighted by Gasteiger charge is 2.38. The van der Waals surface area contributed by atoms with Crippen LogP contribution in [0.2, 0.25) is 0 Å². The molecule has 2 aromatic carbocycles. The van der Waals surface area contributed by atoms with Gasteiger partial charge in [-0.05, 0) is 27.7 Å². The van der Waals surface area contributed by atoms with Crippen LogP contribution in [0.15, 0.2) is 48.5 Å². The smallest absolute Gasteiger partial charge is 0.258 e. The van der Waals surface area contributed by atoms with E-state index in [4.69, 9.17) is 0 Å². The van der Waals surface area contributed by atoms with Gasteiger partial charge in [-0.2, -0.15) is 0 Å². The fourth-order valence-electron chi connectivity index (χ4n) is 3.03. The second kappa shape index (κ2) is 6.84. The van der Waals surface area contributed by atoms with E-state index in [2.05, 4.69) is 0 Å². The maximum Gasteiger partial charge on any atom is 0.273 e. The van der Waals surface area contributed by atoms with Gasteiger partial charge in [-0.3, -0.25) is 20.2 Å². The Kier molecular flexibility index (Phi) is 5.17. The molecule has 0 bridgehead atoms. The summed E-state index contributed by atoms with van der Waals surface area (Å²) in [5.74, 6) is 0. The normalized spacial score (nSPS) is 12.0. The van der Waals surface area contributed by atoms with E-state index in [0.29, 0.717) is 11.1 Å². The molecule has 7 heteroatoms. The summed E-state index contributed by atoms with van der Waals surface area (Å²) in [5, 5.41) is 22.7. The molecule has 0 aliphatic heterocycles. The van der Waals surface area contributed by atoms with Crippen molar-refractivity contribution < 1.29 is 9.85 Å². The van der Waals surface area contributed by atoms with Gasteiger partial charge in [0.05, 0.1) is 9.85 Å². The molecule has 0 atom stereocenters. The van der Waals surface area contributed by atoms with Gasteiger partial charge in [0.25, 0.3) is 11.4 Å². The Labute approximate surface area is 150 Å². The lowest BCUT2D eigenvalue weighted by Crippen LogP contribution is -2.24. The highest BCUT2D eigenvalue weighted by molar-refractivity contribution is 8.01. The minimum absolute atomic E-state index is 0.0540. The molecule has 2 aromatic rings. The molecule has 0 amide bonds. The summed E-state index contributed by atoms with van der Waals surface area (Å²) < 4.78 is -1.23. The molecule has 0 unspecified atom stereocenters. The van der Waals surface area contributed by atoms with E-state index in [0.717, 1.165) is 0 Å². The van der Waals surface area contributed by atoms with Crippen LogP contribution in [0.5, 0.6) is 0 Å². The lowest BCUT2D eigenvalue weighted by molar-refractivity contribution is -0.385. The quantitative estimate of drug-likeness (QED) is 0.508. The van der Waals surface area contributed by atoms with E-state index in [9.17, 15) is 20.2 Å². The van der Waals surface area contributed by atoms with Crippen molar-refractivity contribution in [2.24, 2.45) is 0 Å². The maximum absolute atomic E-state index is 11.4. The van der Waals surface area contributed by atoms with Crippen LogP contribution in [0.3, 0.4) is 0 Å². The van der Waals surface area contributed by atoms with Gasteiger partial charge in [0.1, 0.15) is 0 Å². The van der Waals surface area contributed by atoms with E-state index in [1.54, 1.807) is 36.4 Å². The Bertz CT molecular complexity index is 751. The molecule has 6 nitrogen and oxygen atoms in total. The zero-order valence-electron chi connectivity index (χ0n) is 14.6. The molecule has 0 heterocycles. The average Bonchev–Trinajstić information content (AvgIpc) is 2.54. The SMILES string of the molecule is CC(C)(SC(C)(C)c1ccccc1[N+](=O)[O-])c1ccccc1[N+](=O)[O-]. The summed E-state index contributed by atoms with van der Waals surface area (Å²) in [7, 11) is 0. The van der Waals surface area contributed by atoms with Crippen LogP contribution in [-0.4, -0.2) is 9.85 Å². The van der Waals surface area contributed by atoms with Crippen LogP contribution in [-0.2, 0) is 9.49 Å². The van der Waals surface area contributed by atoms with Crippen molar-refractivity contribution in [2.75, 3.05) is 0 Å². The summed E-state index contributed by atoms with van der Waals surface area (Å²) in [5.41, 5.74) is 1.30. The Morgan fingerprint density at radius 3 is 1.36 bits per heavy atom. The van der Waals surface area contributed by atoms with Crippen LogP contribution < -0.4 is 0 Å². The van der Waals surface area contributed by atoms with Gasteiger partial charge >= 0.3 is 0 Å². The second-order valence-electron chi connectivity index (χ2n) is 6.67. The molecule has 132 valence electrons. The zero-order valence-corrected chi connectivity index (χ0v) is 15.4. The molecular formula is C18H20N2O4S. The van der Waals surface area contributed by atoms with E-state index in [-0.39, 0.29) is 11.4 Å². The number of benzene rings is 2. The molecule has 2 rings (SSSR count). The highest BCUT2D eigenvalue weighted by atomic mass is 32.2. The van der Waals surface area contributed by atoms with Crippen LogP contribution in [0.1, 0.15) is 38.8 Å². The third kappa shape index (κ3) is 3.99. The predicted octanol–water partition coefficient (Wildman–Crippen LogP) is 5.41. The molecule has 0 radical (unpaired) electrons. The monoisotopic (exact) mass is 360 g/mol. The number of hydrogen-bond acceptors (Lipinski definition) is 5. The van der Waals surface area contributed by atoms with Crippen LogP contribution in [0.25, 0.3) is 0 Å². The van der Waals surface area contributed by atoms with E-state index < -0.39 is 19.3 Å². The minimum Gasteiger partial charge on any atom is -0.258 e. The van der Waals surface area contributed by atoms with Gasteiger partial charge in [-0.25, -0.2) is 0 Å². The molecule has 0 aliphatic rings. The number of rotatable bonds is 6. The van der Waals surface area contributed by atoms with Gasteiger partial charge in [0, 0.05) is 32.8 Å². The third-order valence-corrected chi connectivity index (χ3v) is 5.47. The summed E-state index contributed by atoms with van der Waals surface area (Å²) in [4.78, 5) is 21.9. The first-order valence-corrected chi connectivity index (χ1v) is 8.56. The van der Waals surface area contributed by atoms with Crippen molar-refractivity contribution in [3.05, 3.63) is 79.9 Å². The van der Waals surface area contributed by atoms with Crippen molar-refractivity contribution in [2.45, 2.75) is 37.2 Å². The second-order valence-corrected chi connectivity index (χ2v) is 8.92. The third-order valence-electron chi connectivity index (χ3n) is 4.01. The molecule has 25 heavy (non-hydrogen) atoms. The average molecular weight is 360 g/mol. The number of para-hydroxylation sites is 2. The zero-order chi connectivity index (χ0) is 18.8. The van der Waals surface area contributed by atoms with Crippen LogP contribution in [0, 0.1) is 20.2 Å². The van der Waals surface area contributed by atoms with Gasteiger partial charge in [-0.15, -0.1) is 11.8 Å². The van der Waals surface area contributed by atoms with Crippen molar-refractivity contribution in [1.29, 1.82) is 0 Å². The number of nitro groups is 2. The van der Waals surface area contributed by atoms with Crippen molar-refractivity contribution in [3.63, 3.8) is 0 Å². The van der Waals surface area contributed by atoms with Crippen molar-refractivity contribution >= 4 is 23.1 Å². The van der Waals surface area contributed by atoms with Gasteiger partial charge in [0.15, 0.2) is 0 Å². The molecule has 0 saturated carbocycles. The summed E-state index contributed by atoms with van der Waals surface area (Å²) in [6.45, 7) is 7.60. The number of nitrogens with zero attached hydrogens (tertiary/aromatic N) is 2. The first kappa shape index (κ1) is 18.9.